The van der Waals surface area contributed by atoms with Gasteiger partial charge < -0.3 is 9.15 Å². The van der Waals surface area contributed by atoms with Crippen molar-refractivity contribution >= 4 is 5.90 Å². The largest absolute Gasteiger partial charge is 0.473 e. The summed E-state index contributed by atoms with van der Waals surface area (Å²) < 4.78 is 10.2. The number of aliphatic imine (C=N–C) groups is 1. The molecule has 3 nitrogen and oxygen atoms in total. The van der Waals surface area contributed by atoms with Crippen molar-refractivity contribution in [2.75, 3.05) is 13.2 Å². The van der Waals surface area contributed by atoms with Crippen molar-refractivity contribution in [3.63, 3.8) is 0 Å². The summed E-state index contributed by atoms with van der Waals surface area (Å²) in [6, 6.07) is 3.66. The molecule has 0 amide bonds. The molecule has 0 N–H and O–H groups in total. The zero-order valence-corrected chi connectivity index (χ0v) is 5.41. The molecule has 0 atom stereocenters. The van der Waals surface area contributed by atoms with Gasteiger partial charge in [0.05, 0.1) is 12.8 Å². The Morgan fingerprint density at radius 2 is 2.50 bits per heavy atom. The number of furan rings is 1. The van der Waals surface area contributed by atoms with Crippen molar-refractivity contribution in [2.24, 2.45) is 4.99 Å². The van der Waals surface area contributed by atoms with E-state index < -0.39 is 0 Å². The molecule has 0 unspecified atom stereocenters. The Bertz CT molecular complexity index is 238. The summed E-state index contributed by atoms with van der Waals surface area (Å²) in [5.74, 6) is 1.35. The summed E-state index contributed by atoms with van der Waals surface area (Å²) in [5, 5.41) is 0. The Labute approximate surface area is 58.3 Å². The van der Waals surface area contributed by atoms with E-state index in [4.69, 9.17) is 9.15 Å². The summed E-state index contributed by atoms with van der Waals surface area (Å²) in [4.78, 5) is 4.08. The molecular formula is C7H7NO2. The minimum atomic E-state index is 0.630. The molecule has 0 bridgehead atoms. The molecule has 1 aromatic rings. The molecule has 0 saturated carbocycles. The van der Waals surface area contributed by atoms with Gasteiger partial charge in [-0.2, -0.15) is 0 Å². The molecule has 0 saturated heterocycles. The molecule has 3 heteroatoms. The topological polar surface area (TPSA) is 34.7 Å². The summed E-state index contributed by atoms with van der Waals surface area (Å²) in [6.07, 6.45) is 1.61. The number of hydrogen-bond donors (Lipinski definition) is 0. The fraction of sp³-hybridized carbons (Fsp3) is 0.286. The molecule has 52 valence electrons. The highest BCUT2D eigenvalue weighted by molar-refractivity contribution is 5.92. The van der Waals surface area contributed by atoms with Crippen molar-refractivity contribution in [3.05, 3.63) is 24.2 Å². The summed E-state index contributed by atoms with van der Waals surface area (Å²) in [5.41, 5.74) is 0. The van der Waals surface area contributed by atoms with Gasteiger partial charge in [0, 0.05) is 0 Å². The van der Waals surface area contributed by atoms with Crippen LogP contribution in [0.15, 0.2) is 27.8 Å². The van der Waals surface area contributed by atoms with Crippen molar-refractivity contribution in [2.45, 2.75) is 0 Å². The first-order valence-corrected chi connectivity index (χ1v) is 3.18. The van der Waals surface area contributed by atoms with Gasteiger partial charge in [-0.25, -0.2) is 4.99 Å². The number of nitrogens with zero attached hydrogens (tertiary/aromatic N) is 1. The van der Waals surface area contributed by atoms with Crippen molar-refractivity contribution < 1.29 is 9.15 Å². The van der Waals surface area contributed by atoms with E-state index in [0.29, 0.717) is 12.5 Å². The average molecular weight is 137 g/mol. The molecule has 0 radical (unpaired) electrons. The maximum absolute atomic E-state index is 5.15. The third-order valence-corrected chi connectivity index (χ3v) is 1.32. The molecule has 0 spiro atoms. The molecule has 10 heavy (non-hydrogen) atoms. The van der Waals surface area contributed by atoms with Crippen LogP contribution in [0.3, 0.4) is 0 Å². The first-order valence-electron chi connectivity index (χ1n) is 3.18. The average Bonchev–Trinajstić information content (AvgIpc) is 2.59. The lowest BCUT2D eigenvalue weighted by Gasteiger charge is -1.93. The predicted molar refractivity (Wildman–Crippen MR) is 36.1 cm³/mol. The lowest BCUT2D eigenvalue weighted by molar-refractivity contribution is 0.339. The van der Waals surface area contributed by atoms with E-state index in [2.05, 4.69) is 4.99 Å². The predicted octanol–water partition coefficient (Wildman–Crippen LogP) is 1.06. The molecule has 2 heterocycles. The quantitative estimate of drug-likeness (QED) is 0.580. The molecule has 1 aliphatic rings. The smallest absolute Gasteiger partial charge is 0.253 e. The third-order valence-electron chi connectivity index (χ3n) is 1.32. The van der Waals surface area contributed by atoms with Gasteiger partial charge in [0.1, 0.15) is 6.61 Å². The fourth-order valence-electron chi connectivity index (χ4n) is 0.884. The normalized spacial score (nSPS) is 16.6. The second-order valence-electron chi connectivity index (χ2n) is 2.01. The van der Waals surface area contributed by atoms with Crippen LogP contribution in [-0.2, 0) is 4.74 Å². The van der Waals surface area contributed by atoms with Gasteiger partial charge in [-0.3, -0.25) is 0 Å². The molecule has 0 aliphatic carbocycles. The first-order chi connectivity index (χ1) is 4.97. The van der Waals surface area contributed by atoms with E-state index >= 15 is 0 Å². The van der Waals surface area contributed by atoms with Crippen LogP contribution in [0.2, 0.25) is 0 Å². The Morgan fingerprint density at radius 3 is 3.10 bits per heavy atom. The van der Waals surface area contributed by atoms with Gasteiger partial charge in [0.25, 0.3) is 5.90 Å². The highest BCUT2D eigenvalue weighted by Gasteiger charge is 2.11. The van der Waals surface area contributed by atoms with Crippen LogP contribution >= 0.6 is 0 Å². The highest BCUT2D eigenvalue weighted by atomic mass is 16.5. The molecule has 1 aliphatic heterocycles. The molecular weight excluding hydrogens is 130 g/mol. The monoisotopic (exact) mass is 137 g/mol. The van der Waals surface area contributed by atoms with Crippen molar-refractivity contribution in [1.29, 1.82) is 0 Å². The summed E-state index contributed by atoms with van der Waals surface area (Å²) in [7, 11) is 0. The van der Waals surface area contributed by atoms with Gasteiger partial charge in [-0.15, -0.1) is 0 Å². The van der Waals surface area contributed by atoms with Crippen molar-refractivity contribution in [3.8, 4) is 0 Å². The zero-order chi connectivity index (χ0) is 6.81. The first kappa shape index (κ1) is 5.53. The minimum Gasteiger partial charge on any atom is -0.473 e. The van der Waals surface area contributed by atoms with Gasteiger partial charge in [-0.05, 0) is 12.1 Å². The van der Waals surface area contributed by atoms with Gasteiger partial charge in [0.15, 0.2) is 5.76 Å². The fourth-order valence-corrected chi connectivity index (χ4v) is 0.884. The molecule has 2 rings (SSSR count). The van der Waals surface area contributed by atoms with Gasteiger partial charge in [-0.1, -0.05) is 0 Å². The lowest BCUT2D eigenvalue weighted by atomic mass is 10.4. The van der Waals surface area contributed by atoms with Crippen LogP contribution in [0.1, 0.15) is 5.76 Å². The van der Waals surface area contributed by atoms with E-state index in [1.807, 2.05) is 12.1 Å². The van der Waals surface area contributed by atoms with Gasteiger partial charge >= 0.3 is 0 Å². The van der Waals surface area contributed by atoms with Crippen LogP contribution < -0.4 is 0 Å². The third kappa shape index (κ3) is 0.795. The SMILES string of the molecule is c1coc(C2=NCCO2)c1. The number of hydrogen-bond acceptors (Lipinski definition) is 3. The molecule has 0 aromatic carbocycles. The van der Waals surface area contributed by atoms with Crippen LogP contribution in [0.4, 0.5) is 0 Å². The van der Waals surface area contributed by atoms with E-state index in [9.17, 15) is 0 Å². The van der Waals surface area contributed by atoms with Crippen LogP contribution in [-0.4, -0.2) is 19.0 Å². The minimum absolute atomic E-state index is 0.630. The molecule has 1 aromatic heterocycles. The maximum Gasteiger partial charge on any atom is 0.253 e. The zero-order valence-electron chi connectivity index (χ0n) is 5.41. The van der Waals surface area contributed by atoms with Gasteiger partial charge in [0.2, 0.25) is 0 Å². The number of rotatable bonds is 1. The number of ether oxygens (including phenoxy) is 1. The van der Waals surface area contributed by atoms with E-state index in [0.717, 1.165) is 12.3 Å². The lowest BCUT2D eigenvalue weighted by Crippen LogP contribution is -1.98. The second-order valence-corrected chi connectivity index (χ2v) is 2.01. The molecule has 0 fully saturated rings. The van der Waals surface area contributed by atoms with Crippen LogP contribution in [0.5, 0.6) is 0 Å². The van der Waals surface area contributed by atoms with Crippen LogP contribution in [0, 0.1) is 0 Å². The van der Waals surface area contributed by atoms with Crippen LogP contribution in [0.25, 0.3) is 0 Å². The Kier molecular flexibility index (Phi) is 1.20. The Hall–Kier alpha value is -1.25. The maximum atomic E-state index is 5.15. The second kappa shape index (κ2) is 2.17. The summed E-state index contributed by atoms with van der Waals surface area (Å²) >= 11 is 0. The highest BCUT2D eigenvalue weighted by Crippen LogP contribution is 2.06. The van der Waals surface area contributed by atoms with Crippen molar-refractivity contribution in [1.82, 2.24) is 0 Å². The van der Waals surface area contributed by atoms with E-state index in [-0.39, 0.29) is 0 Å². The summed E-state index contributed by atoms with van der Waals surface area (Å²) in [6.45, 7) is 1.42. The van der Waals surface area contributed by atoms with E-state index in [1.165, 1.54) is 0 Å². The Morgan fingerprint density at radius 1 is 1.50 bits per heavy atom. The van der Waals surface area contributed by atoms with E-state index in [1.54, 1.807) is 6.26 Å². The Balaban J connectivity index is 2.28. The standard InChI is InChI=1S/C7H7NO2/c1-2-6(9-4-1)7-8-3-5-10-7/h1-2,4H,3,5H2.